The van der Waals surface area contributed by atoms with E-state index in [1.807, 2.05) is 12.1 Å². The topological polar surface area (TPSA) is 4.93 Å². The van der Waals surface area contributed by atoms with Crippen LogP contribution in [0.2, 0.25) is 5.02 Å². The zero-order valence-electron chi connectivity index (χ0n) is 9.99. The maximum Gasteiger partial charge on any atom is 0.0406 e. The lowest BCUT2D eigenvalue weighted by molar-refractivity contribution is 0.301. The molecule has 0 amide bonds. The van der Waals surface area contributed by atoms with Gasteiger partial charge < -0.3 is 4.57 Å². The number of benzene rings is 1. The third-order valence-corrected chi connectivity index (χ3v) is 4.24. The second-order valence-electron chi connectivity index (χ2n) is 5.01. The van der Waals surface area contributed by atoms with Crippen LogP contribution in [-0.4, -0.2) is 4.57 Å². The molecule has 1 aromatic carbocycles. The molecular weight excluding hydrogens is 230 g/mol. The van der Waals surface area contributed by atoms with Crippen molar-refractivity contribution in [3.05, 3.63) is 58.9 Å². The van der Waals surface area contributed by atoms with Gasteiger partial charge in [-0.2, -0.15) is 0 Å². The van der Waals surface area contributed by atoms with Crippen LogP contribution in [-0.2, 0) is 12.5 Å². The van der Waals surface area contributed by atoms with E-state index in [-0.39, 0.29) is 5.41 Å². The minimum atomic E-state index is 0.242. The smallest absolute Gasteiger partial charge is 0.0406 e. The molecule has 0 aliphatic heterocycles. The molecular formula is C15H16ClN. The van der Waals surface area contributed by atoms with Gasteiger partial charge in [0, 0.05) is 29.9 Å². The maximum absolute atomic E-state index is 5.97. The summed E-state index contributed by atoms with van der Waals surface area (Å²) in [4.78, 5) is 0. The van der Waals surface area contributed by atoms with Crippen LogP contribution in [0.4, 0.5) is 0 Å². The molecule has 3 rings (SSSR count). The van der Waals surface area contributed by atoms with Crippen LogP contribution in [0, 0.1) is 0 Å². The summed E-state index contributed by atoms with van der Waals surface area (Å²) < 4.78 is 2.13. The summed E-state index contributed by atoms with van der Waals surface area (Å²) in [6.45, 7) is 0. The molecule has 0 saturated heterocycles. The highest BCUT2D eigenvalue weighted by Gasteiger charge is 2.40. The fourth-order valence-corrected chi connectivity index (χ4v) is 2.96. The Morgan fingerprint density at radius 3 is 2.24 bits per heavy atom. The molecule has 1 nitrogen and oxygen atoms in total. The molecule has 88 valence electrons. The Bertz CT molecular complexity index is 520. The number of nitrogens with zero attached hydrogens (tertiary/aromatic N) is 1. The summed E-state index contributed by atoms with van der Waals surface area (Å²) in [5.74, 6) is 0. The third kappa shape index (κ3) is 1.69. The van der Waals surface area contributed by atoms with E-state index in [9.17, 15) is 0 Å². The molecule has 2 heteroatoms. The normalized spacial score (nSPS) is 17.8. The largest absolute Gasteiger partial charge is 0.357 e. The second-order valence-corrected chi connectivity index (χ2v) is 5.44. The third-order valence-electron chi connectivity index (χ3n) is 3.99. The summed E-state index contributed by atoms with van der Waals surface area (Å²) in [6, 6.07) is 10.6. The number of hydrogen-bond acceptors (Lipinski definition) is 0. The Kier molecular flexibility index (Phi) is 2.52. The van der Waals surface area contributed by atoms with Crippen molar-refractivity contribution in [2.75, 3.05) is 0 Å². The van der Waals surface area contributed by atoms with Crippen molar-refractivity contribution < 1.29 is 0 Å². The van der Waals surface area contributed by atoms with E-state index in [0.29, 0.717) is 0 Å². The molecule has 0 radical (unpaired) electrons. The predicted molar refractivity (Wildman–Crippen MR) is 71.5 cm³/mol. The van der Waals surface area contributed by atoms with Gasteiger partial charge in [-0.25, -0.2) is 0 Å². The minimum absolute atomic E-state index is 0.242. The van der Waals surface area contributed by atoms with Gasteiger partial charge in [0.1, 0.15) is 0 Å². The highest BCUT2D eigenvalue weighted by Crippen LogP contribution is 2.49. The molecule has 0 atom stereocenters. The van der Waals surface area contributed by atoms with E-state index in [1.165, 1.54) is 30.4 Å². The van der Waals surface area contributed by atoms with Gasteiger partial charge in [-0.3, -0.25) is 0 Å². The first kappa shape index (κ1) is 10.9. The fraction of sp³-hybridized carbons (Fsp3) is 0.333. The summed E-state index contributed by atoms with van der Waals surface area (Å²) in [5, 5.41) is 0.816. The van der Waals surface area contributed by atoms with E-state index in [2.05, 4.69) is 42.2 Å². The molecule has 0 N–H and O–H groups in total. The zero-order chi connectivity index (χ0) is 11.9. The number of aromatic nitrogens is 1. The van der Waals surface area contributed by atoms with Crippen LogP contribution in [0.3, 0.4) is 0 Å². The molecule has 17 heavy (non-hydrogen) atoms. The van der Waals surface area contributed by atoms with Crippen LogP contribution >= 0.6 is 11.6 Å². The van der Waals surface area contributed by atoms with Crippen molar-refractivity contribution in [3.8, 4) is 0 Å². The summed E-state index contributed by atoms with van der Waals surface area (Å²) >= 11 is 5.97. The monoisotopic (exact) mass is 245 g/mol. The van der Waals surface area contributed by atoms with Crippen molar-refractivity contribution in [1.29, 1.82) is 0 Å². The first-order valence-electron chi connectivity index (χ1n) is 6.09. The van der Waals surface area contributed by atoms with Crippen LogP contribution in [0.15, 0.2) is 42.7 Å². The lowest BCUT2D eigenvalue weighted by atomic mass is 9.61. The fourth-order valence-electron chi connectivity index (χ4n) is 2.83. The van der Waals surface area contributed by atoms with Gasteiger partial charge in [0.2, 0.25) is 0 Å². The first-order chi connectivity index (χ1) is 8.21. The van der Waals surface area contributed by atoms with Crippen LogP contribution in [0.1, 0.15) is 30.4 Å². The number of aryl methyl sites for hydroxylation is 1. The lowest BCUT2D eigenvalue weighted by Crippen LogP contribution is -2.35. The van der Waals surface area contributed by atoms with Gasteiger partial charge in [-0.05, 0) is 42.2 Å². The number of halogens is 1. The maximum atomic E-state index is 5.97. The molecule has 1 fully saturated rings. The predicted octanol–water partition coefficient (Wildman–Crippen LogP) is 4.15. The quantitative estimate of drug-likeness (QED) is 0.749. The Hall–Kier alpha value is -1.21. The van der Waals surface area contributed by atoms with E-state index in [0.717, 1.165) is 5.02 Å². The zero-order valence-corrected chi connectivity index (χ0v) is 10.7. The van der Waals surface area contributed by atoms with E-state index < -0.39 is 0 Å². The molecule has 2 aromatic rings. The van der Waals surface area contributed by atoms with Crippen molar-refractivity contribution in [2.45, 2.75) is 24.7 Å². The summed E-state index contributed by atoms with van der Waals surface area (Å²) in [7, 11) is 2.08. The lowest BCUT2D eigenvalue weighted by Gasteiger charge is -2.42. The van der Waals surface area contributed by atoms with Crippen molar-refractivity contribution in [3.63, 3.8) is 0 Å². The molecule has 1 aromatic heterocycles. The van der Waals surface area contributed by atoms with Crippen molar-refractivity contribution >= 4 is 11.6 Å². The van der Waals surface area contributed by atoms with Crippen LogP contribution in [0.5, 0.6) is 0 Å². The van der Waals surface area contributed by atoms with Gasteiger partial charge in [0.25, 0.3) is 0 Å². The van der Waals surface area contributed by atoms with Gasteiger partial charge in [-0.15, -0.1) is 0 Å². The van der Waals surface area contributed by atoms with E-state index in [4.69, 9.17) is 11.6 Å². The Labute approximate surface area is 107 Å². The highest BCUT2D eigenvalue weighted by molar-refractivity contribution is 6.30. The Balaban J connectivity index is 2.05. The second kappa shape index (κ2) is 3.92. The average Bonchev–Trinajstić information content (AvgIpc) is 2.67. The summed E-state index contributed by atoms with van der Waals surface area (Å²) in [5.41, 5.74) is 3.08. The van der Waals surface area contributed by atoms with E-state index >= 15 is 0 Å². The van der Waals surface area contributed by atoms with Crippen molar-refractivity contribution in [1.82, 2.24) is 4.57 Å². The number of hydrogen-bond donors (Lipinski definition) is 0. The highest BCUT2D eigenvalue weighted by atomic mass is 35.5. The molecule has 1 heterocycles. The van der Waals surface area contributed by atoms with Gasteiger partial charge in [-0.1, -0.05) is 30.2 Å². The minimum Gasteiger partial charge on any atom is -0.357 e. The van der Waals surface area contributed by atoms with E-state index in [1.54, 1.807) is 0 Å². The SMILES string of the molecule is Cn1ccc(C2(c3ccc(Cl)cc3)CCC2)c1. The molecule has 1 aliphatic carbocycles. The van der Waals surface area contributed by atoms with Crippen LogP contribution < -0.4 is 0 Å². The number of rotatable bonds is 2. The van der Waals surface area contributed by atoms with Gasteiger partial charge in [0.15, 0.2) is 0 Å². The van der Waals surface area contributed by atoms with Gasteiger partial charge in [0.05, 0.1) is 0 Å². The molecule has 1 aliphatic rings. The van der Waals surface area contributed by atoms with Gasteiger partial charge >= 0.3 is 0 Å². The Morgan fingerprint density at radius 1 is 1.06 bits per heavy atom. The van der Waals surface area contributed by atoms with Crippen molar-refractivity contribution in [2.24, 2.45) is 7.05 Å². The first-order valence-corrected chi connectivity index (χ1v) is 6.47. The average molecular weight is 246 g/mol. The molecule has 0 bridgehead atoms. The standard InChI is InChI=1S/C15H16ClN/c1-17-10-7-13(11-17)15(8-2-9-15)12-3-5-14(16)6-4-12/h3-7,10-11H,2,8-9H2,1H3. The Morgan fingerprint density at radius 2 is 1.76 bits per heavy atom. The summed E-state index contributed by atoms with van der Waals surface area (Å²) in [6.07, 6.45) is 8.19. The van der Waals surface area contributed by atoms with Crippen LogP contribution in [0.25, 0.3) is 0 Å². The molecule has 1 saturated carbocycles. The molecule has 0 unspecified atom stereocenters. The molecule has 0 spiro atoms.